The minimum absolute atomic E-state index is 0.470. The Kier molecular flexibility index (Phi) is 2.65. The van der Waals surface area contributed by atoms with Crippen LogP contribution in [-0.2, 0) is 6.42 Å². The summed E-state index contributed by atoms with van der Waals surface area (Å²) in [5, 5.41) is 0. The molecular weight excluding hydrogens is 194 g/mol. The van der Waals surface area contributed by atoms with Gasteiger partial charge in [0.2, 0.25) is 0 Å². The molecule has 1 unspecified atom stereocenters. The van der Waals surface area contributed by atoms with Crippen molar-refractivity contribution < 1.29 is 0 Å². The van der Waals surface area contributed by atoms with Crippen LogP contribution in [0.5, 0.6) is 0 Å². The van der Waals surface area contributed by atoms with Crippen LogP contribution < -0.4 is 5.73 Å². The predicted molar refractivity (Wildman–Crippen MR) is 58.9 cm³/mol. The van der Waals surface area contributed by atoms with Gasteiger partial charge < -0.3 is 10.7 Å². The molecule has 0 saturated heterocycles. The molecular formula is C10H15N3S. The molecule has 1 aromatic rings. The maximum Gasteiger partial charge on any atom is 0.197 e. The third kappa shape index (κ3) is 1.60. The summed E-state index contributed by atoms with van der Waals surface area (Å²) in [6, 6.07) is 0. The van der Waals surface area contributed by atoms with E-state index in [0.717, 1.165) is 17.8 Å². The van der Waals surface area contributed by atoms with E-state index in [1.807, 2.05) is 0 Å². The van der Waals surface area contributed by atoms with E-state index in [-0.39, 0.29) is 0 Å². The fraction of sp³-hybridized carbons (Fsp3) is 0.600. The minimum atomic E-state index is 0.470. The van der Waals surface area contributed by atoms with E-state index < -0.39 is 0 Å². The van der Waals surface area contributed by atoms with Crippen molar-refractivity contribution in [3.63, 3.8) is 0 Å². The van der Waals surface area contributed by atoms with Crippen molar-refractivity contribution in [3.8, 4) is 0 Å². The Balaban J connectivity index is 2.56. The predicted octanol–water partition coefficient (Wildman–Crippen LogP) is 1.83. The molecule has 76 valence electrons. The molecule has 1 aliphatic rings. The first-order chi connectivity index (χ1) is 6.72. The lowest BCUT2D eigenvalue weighted by molar-refractivity contribution is 0.542. The van der Waals surface area contributed by atoms with E-state index in [2.05, 4.69) is 16.9 Å². The summed E-state index contributed by atoms with van der Waals surface area (Å²) >= 11 is 5.06. The summed E-state index contributed by atoms with van der Waals surface area (Å²) in [6.45, 7) is 2.77. The van der Waals surface area contributed by atoms with Crippen LogP contribution in [0.3, 0.4) is 0 Å². The second kappa shape index (κ2) is 3.79. The number of fused-ring (bicyclic) bond motifs is 1. The average molecular weight is 209 g/mol. The third-order valence-corrected chi connectivity index (χ3v) is 3.10. The Labute approximate surface area is 88.8 Å². The van der Waals surface area contributed by atoms with Gasteiger partial charge >= 0.3 is 0 Å². The van der Waals surface area contributed by atoms with Gasteiger partial charge in [-0.05, 0) is 56.4 Å². The summed E-state index contributed by atoms with van der Waals surface area (Å²) in [5.41, 5.74) is 9.38. The smallest absolute Gasteiger partial charge is 0.197 e. The molecule has 1 heterocycles. The first-order valence-corrected chi connectivity index (χ1v) is 5.43. The lowest BCUT2D eigenvalue weighted by Crippen LogP contribution is -2.21. The molecule has 0 aromatic carbocycles. The Bertz CT molecular complexity index is 397. The Morgan fingerprint density at radius 2 is 2.43 bits per heavy atom. The van der Waals surface area contributed by atoms with Crippen LogP contribution in [0.25, 0.3) is 0 Å². The zero-order valence-electron chi connectivity index (χ0n) is 8.34. The molecule has 14 heavy (non-hydrogen) atoms. The van der Waals surface area contributed by atoms with Gasteiger partial charge in [-0.25, -0.2) is 4.98 Å². The van der Waals surface area contributed by atoms with Crippen molar-refractivity contribution in [2.75, 3.05) is 6.54 Å². The Morgan fingerprint density at radius 3 is 3.14 bits per heavy atom. The van der Waals surface area contributed by atoms with Crippen LogP contribution >= 0.6 is 12.2 Å². The normalized spacial score (nSPS) is 20.6. The zero-order chi connectivity index (χ0) is 10.1. The van der Waals surface area contributed by atoms with E-state index >= 15 is 0 Å². The lowest BCUT2D eigenvalue weighted by Gasteiger charge is -2.24. The number of nitrogens with zero attached hydrogens (tertiary/aromatic N) is 1. The number of H-pyrrole nitrogens is 1. The van der Waals surface area contributed by atoms with Crippen LogP contribution in [0, 0.1) is 11.7 Å². The molecule has 0 radical (unpaired) electrons. The molecule has 0 aliphatic heterocycles. The second-order valence-corrected chi connectivity index (χ2v) is 4.24. The van der Waals surface area contributed by atoms with Crippen molar-refractivity contribution in [2.24, 2.45) is 5.73 Å². The summed E-state index contributed by atoms with van der Waals surface area (Å²) in [4.78, 5) is 7.49. The molecule has 4 heteroatoms. The summed E-state index contributed by atoms with van der Waals surface area (Å²) in [5.74, 6) is 0.470. The molecule has 1 atom stereocenters. The molecule has 0 amide bonds. The van der Waals surface area contributed by atoms with E-state index in [4.69, 9.17) is 18.0 Å². The van der Waals surface area contributed by atoms with Gasteiger partial charge in [-0.1, -0.05) is 0 Å². The molecule has 1 aliphatic carbocycles. The van der Waals surface area contributed by atoms with Gasteiger partial charge in [-0.3, -0.25) is 0 Å². The molecule has 0 fully saturated rings. The number of hydrogen-bond acceptors (Lipinski definition) is 3. The SMILES string of the molecule is Cc1[nH]c(=S)nc2c1C(CN)CCC2. The van der Waals surface area contributed by atoms with Crippen molar-refractivity contribution >= 4 is 12.2 Å². The van der Waals surface area contributed by atoms with Gasteiger partial charge in [-0.15, -0.1) is 0 Å². The summed E-state index contributed by atoms with van der Waals surface area (Å²) in [6.07, 6.45) is 3.40. The topological polar surface area (TPSA) is 54.7 Å². The van der Waals surface area contributed by atoms with Crippen LogP contribution in [0.4, 0.5) is 0 Å². The van der Waals surface area contributed by atoms with Crippen molar-refractivity contribution in [3.05, 3.63) is 21.7 Å². The van der Waals surface area contributed by atoms with Crippen LogP contribution in [0.1, 0.15) is 35.7 Å². The van der Waals surface area contributed by atoms with Crippen LogP contribution in [-0.4, -0.2) is 16.5 Å². The molecule has 0 bridgehead atoms. The lowest BCUT2D eigenvalue weighted by atomic mass is 9.85. The largest absolute Gasteiger partial charge is 0.334 e. The molecule has 0 spiro atoms. The fourth-order valence-electron chi connectivity index (χ4n) is 2.28. The van der Waals surface area contributed by atoms with Crippen molar-refractivity contribution in [1.82, 2.24) is 9.97 Å². The maximum absolute atomic E-state index is 5.76. The highest BCUT2D eigenvalue weighted by Gasteiger charge is 2.22. The number of aromatic amines is 1. The van der Waals surface area contributed by atoms with Gasteiger partial charge in [0.25, 0.3) is 0 Å². The molecule has 1 aromatic heterocycles. The first kappa shape index (κ1) is 9.80. The summed E-state index contributed by atoms with van der Waals surface area (Å²) < 4.78 is 0.596. The van der Waals surface area contributed by atoms with Gasteiger partial charge in [0, 0.05) is 11.4 Å². The highest BCUT2D eigenvalue weighted by Crippen LogP contribution is 2.30. The van der Waals surface area contributed by atoms with E-state index in [1.165, 1.54) is 18.4 Å². The highest BCUT2D eigenvalue weighted by molar-refractivity contribution is 7.71. The standard InChI is InChI=1S/C10H15N3S/c1-6-9-7(5-11)3-2-4-8(9)13-10(14)12-6/h7H,2-5,11H2,1H3,(H,12,13,14). The summed E-state index contributed by atoms with van der Waals surface area (Å²) in [7, 11) is 0. The Morgan fingerprint density at radius 1 is 1.64 bits per heavy atom. The minimum Gasteiger partial charge on any atom is -0.334 e. The molecule has 3 nitrogen and oxygen atoms in total. The van der Waals surface area contributed by atoms with Crippen molar-refractivity contribution in [1.29, 1.82) is 0 Å². The Hall–Kier alpha value is -0.740. The number of nitrogens with two attached hydrogens (primary N) is 1. The van der Waals surface area contributed by atoms with Crippen LogP contribution in [0.15, 0.2) is 0 Å². The highest BCUT2D eigenvalue weighted by atomic mass is 32.1. The second-order valence-electron chi connectivity index (χ2n) is 3.85. The average Bonchev–Trinajstić information content (AvgIpc) is 2.16. The van der Waals surface area contributed by atoms with E-state index in [9.17, 15) is 0 Å². The fourth-order valence-corrected chi connectivity index (χ4v) is 2.55. The third-order valence-electron chi connectivity index (χ3n) is 2.90. The number of nitrogens with one attached hydrogen (secondary N) is 1. The van der Waals surface area contributed by atoms with Gasteiger partial charge in [0.05, 0.1) is 0 Å². The molecule has 2 rings (SSSR count). The first-order valence-electron chi connectivity index (χ1n) is 5.02. The number of aryl methyl sites for hydroxylation is 2. The zero-order valence-corrected chi connectivity index (χ0v) is 9.16. The molecule has 0 saturated carbocycles. The van der Waals surface area contributed by atoms with Gasteiger partial charge in [0.1, 0.15) is 0 Å². The maximum atomic E-state index is 5.76. The van der Waals surface area contributed by atoms with Crippen molar-refractivity contribution in [2.45, 2.75) is 32.1 Å². The number of aromatic nitrogens is 2. The molecule has 3 N–H and O–H groups in total. The van der Waals surface area contributed by atoms with E-state index in [0.29, 0.717) is 17.2 Å². The van der Waals surface area contributed by atoms with Crippen LogP contribution in [0.2, 0.25) is 0 Å². The van der Waals surface area contributed by atoms with Gasteiger partial charge in [-0.2, -0.15) is 0 Å². The number of rotatable bonds is 1. The van der Waals surface area contributed by atoms with Gasteiger partial charge in [0.15, 0.2) is 4.77 Å². The monoisotopic (exact) mass is 209 g/mol. The number of hydrogen-bond donors (Lipinski definition) is 2. The quantitative estimate of drug-likeness (QED) is 0.694. The van der Waals surface area contributed by atoms with E-state index in [1.54, 1.807) is 0 Å².